The molecule has 1 rings (SSSR count). The van der Waals surface area contributed by atoms with Gasteiger partial charge in [-0.25, -0.2) is 0 Å². The third kappa shape index (κ3) is 2.85. The normalized spacial score (nSPS) is 32.0. The topological polar surface area (TPSA) is 12.0 Å². The molecule has 0 bridgehead atoms. The molecule has 1 heterocycles. The zero-order chi connectivity index (χ0) is 7.28. The average molecular weight is 129 g/mol. The van der Waals surface area contributed by atoms with Crippen LogP contribution in [0.4, 0.5) is 0 Å². The van der Waals surface area contributed by atoms with Crippen molar-refractivity contribution in [3.05, 3.63) is 0 Å². The molecule has 56 valence electrons. The fourth-order valence-corrected chi connectivity index (χ4v) is 1.09. The molecule has 1 N–H and O–H groups in total. The van der Waals surface area contributed by atoms with Gasteiger partial charge in [-0.2, -0.15) is 0 Å². The molecule has 2 unspecified atom stereocenters. The number of hydrogen-bond acceptors (Lipinski definition) is 1. The Morgan fingerprint density at radius 1 is 1.44 bits per heavy atom. The lowest BCUT2D eigenvalue weighted by Crippen LogP contribution is -2.49. The van der Waals surface area contributed by atoms with Crippen LogP contribution in [0.1, 0.15) is 40.5 Å². The van der Waals surface area contributed by atoms with Gasteiger partial charge in [-0.3, -0.25) is 0 Å². The van der Waals surface area contributed by atoms with E-state index in [-0.39, 0.29) is 0 Å². The highest BCUT2D eigenvalue weighted by molar-refractivity contribution is 4.83. The van der Waals surface area contributed by atoms with Crippen LogP contribution >= 0.6 is 0 Å². The first-order valence-corrected chi connectivity index (χ1v) is 4.09. The van der Waals surface area contributed by atoms with Gasteiger partial charge in [0, 0.05) is 12.1 Å². The van der Waals surface area contributed by atoms with Crippen LogP contribution in [0.15, 0.2) is 0 Å². The maximum atomic E-state index is 3.39. The second-order valence-corrected chi connectivity index (χ2v) is 2.41. The van der Waals surface area contributed by atoms with Crippen molar-refractivity contribution in [1.29, 1.82) is 0 Å². The zero-order valence-electron chi connectivity index (χ0n) is 7.07. The van der Waals surface area contributed by atoms with Crippen LogP contribution in [0.25, 0.3) is 0 Å². The Hall–Kier alpha value is -0.0400. The Morgan fingerprint density at radius 2 is 1.89 bits per heavy atom. The summed E-state index contributed by atoms with van der Waals surface area (Å²) >= 11 is 0. The van der Waals surface area contributed by atoms with E-state index < -0.39 is 0 Å². The number of rotatable bonds is 1. The van der Waals surface area contributed by atoms with Gasteiger partial charge < -0.3 is 5.32 Å². The Bertz CT molecular complexity index is 55.6. The van der Waals surface area contributed by atoms with E-state index in [2.05, 4.69) is 19.2 Å². The summed E-state index contributed by atoms with van der Waals surface area (Å²) in [7, 11) is 0. The zero-order valence-corrected chi connectivity index (χ0v) is 7.07. The van der Waals surface area contributed by atoms with Crippen molar-refractivity contribution in [3.63, 3.8) is 0 Å². The van der Waals surface area contributed by atoms with Crippen LogP contribution in [-0.4, -0.2) is 12.1 Å². The summed E-state index contributed by atoms with van der Waals surface area (Å²) < 4.78 is 0. The summed E-state index contributed by atoms with van der Waals surface area (Å²) in [6.45, 7) is 8.45. The van der Waals surface area contributed by atoms with Gasteiger partial charge >= 0.3 is 0 Å². The quantitative estimate of drug-likeness (QED) is 0.572. The van der Waals surface area contributed by atoms with Gasteiger partial charge in [-0.1, -0.05) is 20.8 Å². The highest BCUT2D eigenvalue weighted by atomic mass is 15.0. The van der Waals surface area contributed by atoms with Gasteiger partial charge in [0.1, 0.15) is 0 Å². The minimum atomic E-state index is 0.796. The molecule has 1 heteroatoms. The van der Waals surface area contributed by atoms with Crippen molar-refractivity contribution >= 4 is 0 Å². The Labute approximate surface area is 58.8 Å². The Balaban J connectivity index is 0.000000291. The van der Waals surface area contributed by atoms with Gasteiger partial charge in [0.15, 0.2) is 0 Å². The molecular weight excluding hydrogens is 110 g/mol. The molecule has 0 aromatic carbocycles. The molecule has 1 nitrogen and oxygen atoms in total. The monoisotopic (exact) mass is 129 g/mol. The summed E-state index contributed by atoms with van der Waals surface area (Å²) in [4.78, 5) is 0. The van der Waals surface area contributed by atoms with Gasteiger partial charge in [0.05, 0.1) is 0 Å². The maximum Gasteiger partial charge on any atom is 0.00816 e. The second kappa shape index (κ2) is 4.80. The molecule has 1 saturated heterocycles. The summed E-state index contributed by atoms with van der Waals surface area (Å²) in [5, 5.41) is 3.39. The van der Waals surface area contributed by atoms with Gasteiger partial charge in [-0.05, 0) is 19.8 Å². The minimum Gasteiger partial charge on any atom is -0.311 e. The van der Waals surface area contributed by atoms with E-state index in [9.17, 15) is 0 Å². The lowest BCUT2D eigenvalue weighted by Gasteiger charge is -2.33. The molecule has 9 heavy (non-hydrogen) atoms. The molecule has 0 aliphatic carbocycles. The molecular formula is C8H19N. The fraction of sp³-hybridized carbons (Fsp3) is 1.00. The molecule has 1 aliphatic heterocycles. The van der Waals surface area contributed by atoms with Crippen LogP contribution in [0.5, 0.6) is 0 Å². The van der Waals surface area contributed by atoms with E-state index in [0.29, 0.717) is 0 Å². The minimum absolute atomic E-state index is 0.796. The van der Waals surface area contributed by atoms with Crippen LogP contribution in [-0.2, 0) is 0 Å². The lowest BCUT2D eigenvalue weighted by atomic mass is 9.97. The standard InChI is InChI=1S/C6H13N.C2H6/c1-3-6-4-5(2)7-6;1-2/h5-7H,3-4H2,1-2H3;1-2H3. The Morgan fingerprint density at radius 3 is 2.00 bits per heavy atom. The van der Waals surface area contributed by atoms with Crippen LogP contribution in [0.3, 0.4) is 0 Å². The van der Waals surface area contributed by atoms with E-state index in [1.54, 1.807) is 0 Å². The summed E-state index contributed by atoms with van der Waals surface area (Å²) in [6.07, 6.45) is 2.68. The molecule has 1 aliphatic rings. The highest BCUT2D eigenvalue weighted by Crippen LogP contribution is 2.12. The smallest absolute Gasteiger partial charge is 0.00816 e. The van der Waals surface area contributed by atoms with E-state index in [0.717, 1.165) is 12.1 Å². The first-order valence-electron chi connectivity index (χ1n) is 4.09. The van der Waals surface area contributed by atoms with Crippen LogP contribution < -0.4 is 5.32 Å². The van der Waals surface area contributed by atoms with Gasteiger partial charge in [-0.15, -0.1) is 0 Å². The van der Waals surface area contributed by atoms with E-state index >= 15 is 0 Å². The van der Waals surface area contributed by atoms with E-state index in [1.807, 2.05) is 13.8 Å². The van der Waals surface area contributed by atoms with Gasteiger partial charge in [0.25, 0.3) is 0 Å². The SMILES string of the molecule is CC.CCC1CC(C)N1. The molecule has 0 spiro atoms. The molecule has 0 aromatic rings. The van der Waals surface area contributed by atoms with Gasteiger partial charge in [0.2, 0.25) is 0 Å². The molecule has 0 radical (unpaired) electrons. The predicted octanol–water partition coefficient (Wildman–Crippen LogP) is 2.17. The van der Waals surface area contributed by atoms with E-state index in [1.165, 1.54) is 12.8 Å². The van der Waals surface area contributed by atoms with Crippen LogP contribution in [0.2, 0.25) is 0 Å². The third-order valence-corrected chi connectivity index (χ3v) is 1.65. The van der Waals surface area contributed by atoms with Crippen molar-refractivity contribution in [2.45, 2.75) is 52.6 Å². The first-order chi connectivity index (χ1) is 4.33. The average Bonchev–Trinajstić information content (AvgIpc) is 1.86. The molecule has 0 amide bonds. The van der Waals surface area contributed by atoms with Crippen LogP contribution in [0, 0.1) is 0 Å². The summed E-state index contributed by atoms with van der Waals surface area (Å²) in [5.74, 6) is 0. The Kier molecular flexibility index (Phi) is 4.78. The highest BCUT2D eigenvalue weighted by Gasteiger charge is 2.21. The predicted molar refractivity (Wildman–Crippen MR) is 42.6 cm³/mol. The number of nitrogens with one attached hydrogen (secondary N) is 1. The lowest BCUT2D eigenvalue weighted by molar-refractivity contribution is 0.275. The van der Waals surface area contributed by atoms with Crippen molar-refractivity contribution in [3.8, 4) is 0 Å². The molecule has 0 saturated carbocycles. The van der Waals surface area contributed by atoms with Crippen molar-refractivity contribution < 1.29 is 0 Å². The second-order valence-electron chi connectivity index (χ2n) is 2.41. The van der Waals surface area contributed by atoms with Crippen molar-refractivity contribution in [2.75, 3.05) is 0 Å². The maximum absolute atomic E-state index is 3.39. The van der Waals surface area contributed by atoms with E-state index in [4.69, 9.17) is 0 Å². The number of hydrogen-bond donors (Lipinski definition) is 1. The molecule has 2 atom stereocenters. The molecule has 1 fully saturated rings. The largest absolute Gasteiger partial charge is 0.311 e. The third-order valence-electron chi connectivity index (χ3n) is 1.65. The van der Waals surface area contributed by atoms with Crippen molar-refractivity contribution in [2.24, 2.45) is 0 Å². The summed E-state index contributed by atoms with van der Waals surface area (Å²) in [6, 6.07) is 1.64. The van der Waals surface area contributed by atoms with Crippen molar-refractivity contribution in [1.82, 2.24) is 5.32 Å². The first kappa shape index (κ1) is 8.96. The summed E-state index contributed by atoms with van der Waals surface area (Å²) in [5.41, 5.74) is 0. The molecule has 0 aromatic heterocycles. The fourth-order valence-electron chi connectivity index (χ4n) is 1.09.